The van der Waals surface area contributed by atoms with Gasteiger partial charge >= 0.3 is 5.97 Å². The van der Waals surface area contributed by atoms with Crippen molar-refractivity contribution in [3.05, 3.63) is 59.2 Å². The first kappa shape index (κ1) is 18.7. The highest BCUT2D eigenvalue weighted by molar-refractivity contribution is 7.80. The fourth-order valence-corrected chi connectivity index (χ4v) is 4.46. The van der Waals surface area contributed by atoms with E-state index in [1.807, 2.05) is 17.0 Å². The number of nitrogens with zero attached hydrogens (tertiary/aromatic N) is 1. The van der Waals surface area contributed by atoms with Crippen LogP contribution in [0.15, 0.2) is 42.5 Å². The van der Waals surface area contributed by atoms with Gasteiger partial charge in [0.2, 0.25) is 0 Å². The van der Waals surface area contributed by atoms with Crippen molar-refractivity contribution in [2.24, 2.45) is 0 Å². The Balaban J connectivity index is 1.70. The van der Waals surface area contributed by atoms with Crippen LogP contribution >= 0.6 is 12.2 Å². The van der Waals surface area contributed by atoms with E-state index in [0.717, 1.165) is 17.0 Å². The van der Waals surface area contributed by atoms with Crippen molar-refractivity contribution in [2.75, 3.05) is 12.0 Å². The molecule has 0 spiro atoms. The topological polar surface area (TPSA) is 50.8 Å². The minimum absolute atomic E-state index is 0.0166. The van der Waals surface area contributed by atoms with Gasteiger partial charge in [0.15, 0.2) is 10.8 Å². The van der Waals surface area contributed by atoms with Crippen LogP contribution in [0.3, 0.4) is 0 Å². The summed E-state index contributed by atoms with van der Waals surface area (Å²) in [5, 5.41) is 4.04. The van der Waals surface area contributed by atoms with E-state index in [9.17, 15) is 4.79 Å². The van der Waals surface area contributed by atoms with Crippen molar-refractivity contribution in [3.63, 3.8) is 0 Å². The van der Waals surface area contributed by atoms with Crippen LogP contribution in [-0.2, 0) is 4.74 Å². The third-order valence-electron chi connectivity index (χ3n) is 5.51. The Labute approximate surface area is 170 Å². The average molecular weight is 397 g/mol. The molecule has 0 aliphatic carbocycles. The third kappa shape index (κ3) is 3.02. The maximum Gasteiger partial charge on any atom is 0.337 e. The zero-order valence-corrected chi connectivity index (χ0v) is 17.3. The lowest BCUT2D eigenvalue weighted by Crippen LogP contribution is -2.65. The number of anilines is 1. The molecule has 6 heteroatoms. The monoisotopic (exact) mass is 396 g/mol. The number of methoxy groups -OCH3 is 1. The second-order valence-corrected chi connectivity index (χ2v) is 8.20. The van der Waals surface area contributed by atoms with Crippen molar-refractivity contribution < 1.29 is 14.3 Å². The average Bonchev–Trinajstić information content (AvgIpc) is 2.66. The van der Waals surface area contributed by atoms with Crippen molar-refractivity contribution in [3.8, 4) is 5.75 Å². The molecule has 2 aliphatic heterocycles. The number of esters is 1. The predicted molar refractivity (Wildman–Crippen MR) is 113 cm³/mol. The summed E-state index contributed by atoms with van der Waals surface area (Å²) in [6, 6.07) is 13.8. The van der Waals surface area contributed by atoms with Gasteiger partial charge in [0.05, 0.1) is 18.7 Å². The Morgan fingerprint density at radius 3 is 2.64 bits per heavy atom. The second-order valence-electron chi connectivity index (χ2n) is 7.81. The summed E-state index contributed by atoms with van der Waals surface area (Å²) in [7, 11) is 1.38. The molecule has 2 aromatic carbocycles. The quantitative estimate of drug-likeness (QED) is 0.608. The van der Waals surface area contributed by atoms with Gasteiger partial charge in [0, 0.05) is 17.7 Å². The molecule has 0 aromatic heterocycles. The second kappa shape index (κ2) is 6.78. The smallest absolute Gasteiger partial charge is 0.337 e. The number of carbonyl (C=O) groups is 1. The van der Waals surface area contributed by atoms with E-state index in [0.29, 0.717) is 23.0 Å². The number of hydrogen-bond acceptors (Lipinski definition) is 4. The van der Waals surface area contributed by atoms with E-state index in [2.05, 4.69) is 50.4 Å². The van der Waals surface area contributed by atoms with E-state index in [1.165, 1.54) is 12.7 Å². The first-order chi connectivity index (χ1) is 13.3. The Bertz CT molecular complexity index is 941. The van der Waals surface area contributed by atoms with Crippen LogP contribution in [0.1, 0.15) is 60.6 Å². The van der Waals surface area contributed by atoms with Gasteiger partial charge in [-0.25, -0.2) is 4.79 Å². The number of rotatable bonds is 3. The Kier molecular flexibility index (Phi) is 4.54. The molecule has 4 rings (SSSR count). The molecule has 2 heterocycles. The number of thiocarbonyl (C=S) groups is 1. The van der Waals surface area contributed by atoms with Crippen LogP contribution in [0, 0.1) is 0 Å². The molecule has 2 unspecified atom stereocenters. The predicted octanol–water partition coefficient (Wildman–Crippen LogP) is 4.53. The third-order valence-corrected chi connectivity index (χ3v) is 5.81. The summed E-state index contributed by atoms with van der Waals surface area (Å²) in [6.45, 7) is 6.41. The van der Waals surface area contributed by atoms with Gasteiger partial charge in [-0.3, -0.25) is 4.90 Å². The first-order valence-electron chi connectivity index (χ1n) is 9.44. The number of benzene rings is 2. The normalized spacial score (nSPS) is 23.0. The molecule has 1 N–H and O–H groups in total. The van der Waals surface area contributed by atoms with Crippen LogP contribution in [0.25, 0.3) is 0 Å². The van der Waals surface area contributed by atoms with Gasteiger partial charge in [-0.15, -0.1) is 0 Å². The van der Waals surface area contributed by atoms with Crippen molar-refractivity contribution >= 4 is 29.0 Å². The number of fused-ring (bicyclic) bond motifs is 4. The van der Waals surface area contributed by atoms with Crippen molar-refractivity contribution in [1.82, 2.24) is 5.32 Å². The van der Waals surface area contributed by atoms with E-state index in [4.69, 9.17) is 21.7 Å². The van der Waals surface area contributed by atoms with E-state index in [-0.39, 0.29) is 12.0 Å². The summed E-state index contributed by atoms with van der Waals surface area (Å²) in [4.78, 5) is 13.9. The minimum Gasteiger partial charge on any atom is -0.467 e. The molecule has 2 atom stereocenters. The maximum absolute atomic E-state index is 11.9. The van der Waals surface area contributed by atoms with Crippen LogP contribution in [0.2, 0.25) is 0 Å². The molecule has 0 radical (unpaired) electrons. The molecular weight excluding hydrogens is 372 g/mol. The van der Waals surface area contributed by atoms with Crippen LogP contribution in [0.5, 0.6) is 5.75 Å². The minimum atomic E-state index is -0.605. The summed E-state index contributed by atoms with van der Waals surface area (Å²) in [6.07, 6.45) is 0.705. The zero-order valence-electron chi connectivity index (χ0n) is 16.5. The number of hydrogen-bond donors (Lipinski definition) is 1. The molecule has 0 saturated carbocycles. The highest BCUT2D eigenvalue weighted by Crippen LogP contribution is 2.46. The van der Waals surface area contributed by atoms with Gasteiger partial charge in [-0.2, -0.15) is 0 Å². The van der Waals surface area contributed by atoms with Gasteiger partial charge in [-0.1, -0.05) is 26.0 Å². The molecule has 146 valence electrons. The highest BCUT2D eigenvalue weighted by atomic mass is 32.1. The molecule has 2 aromatic rings. The molecule has 2 bridgehead atoms. The van der Waals surface area contributed by atoms with Crippen molar-refractivity contribution in [1.29, 1.82) is 0 Å². The van der Waals surface area contributed by atoms with Crippen LogP contribution in [-0.4, -0.2) is 23.9 Å². The van der Waals surface area contributed by atoms with Crippen molar-refractivity contribution in [2.45, 2.75) is 44.9 Å². The molecule has 5 nitrogen and oxygen atoms in total. The molecule has 1 fully saturated rings. The SMILES string of the molecule is COC(=O)c1ccc2c(c1)C1CC(C)(O2)N(c2ccc(C(C)C)cc2)C(=S)N1. The Morgan fingerprint density at radius 1 is 1.29 bits per heavy atom. The maximum atomic E-state index is 11.9. The van der Waals surface area contributed by atoms with Crippen LogP contribution < -0.4 is 15.0 Å². The van der Waals surface area contributed by atoms with Gasteiger partial charge in [0.25, 0.3) is 0 Å². The molecule has 28 heavy (non-hydrogen) atoms. The van der Waals surface area contributed by atoms with E-state index >= 15 is 0 Å². The zero-order chi connectivity index (χ0) is 20.1. The fourth-order valence-electron chi connectivity index (χ4n) is 4.02. The lowest BCUT2D eigenvalue weighted by Gasteiger charge is -2.52. The largest absolute Gasteiger partial charge is 0.467 e. The summed E-state index contributed by atoms with van der Waals surface area (Å²) < 4.78 is 11.3. The van der Waals surface area contributed by atoms with E-state index in [1.54, 1.807) is 6.07 Å². The summed E-state index contributed by atoms with van der Waals surface area (Å²) in [5.74, 6) is 0.869. The van der Waals surface area contributed by atoms with E-state index < -0.39 is 5.72 Å². The van der Waals surface area contributed by atoms with Gasteiger partial charge in [-0.05, 0) is 61.0 Å². The molecule has 2 aliphatic rings. The lowest BCUT2D eigenvalue weighted by atomic mass is 9.89. The first-order valence-corrected chi connectivity index (χ1v) is 9.85. The molecular formula is C22H24N2O3S. The Hall–Kier alpha value is -2.60. The highest BCUT2D eigenvalue weighted by Gasteiger charge is 2.48. The lowest BCUT2D eigenvalue weighted by molar-refractivity contribution is 0.0494. The van der Waals surface area contributed by atoms with Gasteiger partial charge in [0.1, 0.15) is 5.75 Å². The van der Waals surface area contributed by atoms with Gasteiger partial charge < -0.3 is 14.8 Å². The number of carbonyl (C=O) groups excluding carboxylic acids is 1. The standard InChI is InChI=1S/C22H24N2O3S/c1-13(2)14-5-8-16(9-6-14)24-21(28)23-18-12-22(24,3)27-19-10-7-15(11-17(18)19)20(25)26-4/h5-11,13,18H,12H2,1-4H3,(H,23,28). The summed E-state index contributed by atoms with van der Waals surface area (Å²) in [5.41, 5.74) is 3.11. The van der Waals surface area contributed by atoms with Crippen LogP contribution in [0.4, 0.5) is 5.69 Å². The Morgan fingerprint density at radius 2 is 2.00 bits per heavy atom. The molecule has 1 saturated heterocycles. The molecule has 0 amide bonds. The summed E-state index contributed by atoms with van der Waals surface area (Å²) >= 11 is 5.70. The number of nitrogens with one attached hydrogen (secondary N) is 1. The number of ether oxygens (including phenoxy) is 2. The fraction of sp³-hybridized carbons (Fsp3) is 0.364.